The van der Waals surface area contributed by atoms with Gasteiger partial charge in [0.05, 0.1) is 24.9 Å². The molecule has 35 heavy (non-hydrogen) atoms. The van der Waals surface area contributed by atoms with Crippen molar-refractivity contribution in [3.05, 3.63) is 101 Å². The molecule has 1 fully saturated rings. The Morgan fingerprint density at radius 3 is 2.31 bits per heavy atom. The maximum absolute atomic E-state index is 11.0. The lowest BCUT2D eigenvalue weighted by Gasteiger charge is -2.43. The number of benzene rings is 3. The van der Waals surface area contributed by atoms with Gasteiger partial charge in [-0.2, -0.15) is 0 Å². The molecule has 1 aliphatic heterocycles. The summed E-state index contributed by atoms with van der Waals surface area (Å²) in [5.74, 6) is 0.0517. The van der Waals surface area contributed by atoms with Gasteiger partial charge in [0.2, 0.25) is 0 Å². The third kappa shape index (κ3) is 5.92. The van der Waals surface area contributed by atoms with Crippen LogP contribution in [0.1, 0.15) is 54.6 Å². The largest absolute Gasteiger partial charge is 0.399 e. The molecule has 0 aromatic heterocycles. The molecule has 0 saturated carbocycles. The van der Waals surface area contributed by atoms with E-state index in [0.717, 1.165) is 22.3 Å². The highest BCUT2D eigenvalue weighted by Crippen LogP contribution is 2.42. The summed E-state index contributed by atoms with van der Waals surface area (Å²) in [6, 6.07) is 25.1. The van der Waals surface area contributed by atoms with Crippen molar-refractivity contribution >= 4 is 5.69 Å². The summed E-state index contributed by atoms with van der Waals surface area (Å²) in [5.41, 5.74) is 10.4. The molecule has 6 heteroatoms. The summed E-state index contributed by atoms with van der Waals surface area (Å²) in [6.07, 6.45) is -1.52. The summed E-state index contributed by atoms with van der Waals surface area (Å²) in [5, 5.41) is 20.4. The van der Waals surface area contributed by atoms with Crippen LogP contribution in [-0.2, 0) is 16.1 Å². The lowest BCUT2D eigenvalue weighted by molar-refractivity contribution is -0.276. The number of hydrogen-bond donors (Lipinski definition) is 3. The molecule has 186 valence electrons. The summed E-state index contributed by atoms with van der Waals surface area (Å²) >= 11 is 0. The molecule has 1 saturated heterocycles. The molecule has 4 N–H and O–H groups in total. The predicted octanol–water partition coefficient (Wildman–Crippen LogP) is 4.61. The molecule has 6 atom stereocenters. The van der Waals surface area contributed by atoms with Crippen molar-refractivity contribution in [2.24, 2.45) is 5.92 Å². The molecule has 3 aromatic carbocycles. The maximum Gasteiger partial charge on any atom is 0.185 e. The monoisotopic (exact) mass is 476 g/mol. The molecule has 3 aromatic rings. The number of likely N-dealkylation sites (N-methyl/N-ethyl adjacent to an activating group) is 1. The van der Waals surface area contributed by atoms with E-state index < -0.39 is 12.4 Å². The van der Waals surface area contributed by atoms with E-state index in [0.29, 0.717) is 12.2 Å². The Bertz CT molecular complexity index is 1080. The Labute approximate surface area is 207 Å². The van der Waals surface area contributed by atoms with Crippen molar-refractivity contribution in [2.45, 2.75) is 51.1 Å². The number of ether oxygens (including phenoxy) is 2. The standard InChI is InChI=1S/C29H36N2O4/c1-19-26(17-31(3)20(2)27(33)22-8-5-4-6-9-22)34-29(24-10-7-11-25(30)16-24)35-28(19)23-14-12-21(18-32)13-15-23/h4-16,19-20,26-29,32-33H,17-18,30H2,1-3H3/t19-,20-,26+,27-,28+,29+/m1/s1. The van der Waals surface area contributed by atoms with Gasteiger partial charge in [-0.15, -0.1) is 0 Å². The second kappa shape index (κ2) is 11.3. The fourth-order valence-corrected chi connectivity index (χ4v) is 4.65. The van der Waals surface area contributed by atoms with E-state index in [1.165, 1.54) is 0 Å². The normalized spacial score (nSPS) is 24.3. The Morgan fingerprint density at radius 2 is 1.66 bits per heavy atom. The summed E-state index contributed by atoms with van der Waals surface area (Å²) in [4.78, 5) is 2.15. The highest BCUT2D eigenvalue weighted by molar-refractivity contribution is 5.41. The fourth-order valence-electron chi connectivity index (χ4n) is 4.65. The van der Waals surface area contributed by atoms with Gasteiger partial charge >= 0.3 is 0 Å². The van der Waals surface area contributed by atoms with E-state index in [4.69, 9.17) is 15.2 Å². The highest BCUT2D eigenvalue weighted by atomic mass is 16.7. The van der Waals surface area contributed by atoms with E-state index in [-0.39, 0.29) is 30.8 Å². The Morgan fingerprint density at radius 1 is 0.943 bits per heavy atom. The maximum atomic E-state index is 11.0. The first-order valence-corrected chi connectivity index (χ1v) is 12.2. The molecule has 0 aliphatic carbocycles. The number of anilines is 1. The Hall–Kier alpha value is -2.74. The third-order valence-corrected chi connectivity index (χ3v) is 7.07. The number of aliphatic hydroxyl groups is 2. The topological polar surface area (TPSA) is 88.2 Å². The van der Waals surface area contributed by atoms with Crippen LogP contribution in [-0.4, -0.2) is 40.9 Å². The number of nitrogens with zero attached hydrogens (tertiary/aromatic N) is 1. The molecule has 0 radical (unpaired) electrons. The lowest BCUT2D eigenvalue weighted by Crippen LogP contribution is -2.46. The van der Waals surface area contributed by atoms with E-state index in [2.05, 4.69) is 11.8 Å². The molecule has 0 unspecified atom stereocenters. The van der Waals surface area contributed by atoms with Crippen molar-refractivity contribution in [2.75, 3.05) is 19.3 Å². The summed E-state index contributed by atoms with van der Waals surface area (Å²) in [6.45, 7) is 4.80. The average Bonchev–Trinajstić information content (AvgIpc) is 2.89. The summed E-state index contributed by atoms with van der Waals surface area (Å²) < 4.78 is 13.0. The molecule has 1 heterocycles. The van der Waals surface area contributed by atoms with Crippen molar-refractivity contribution in [3.63, 3.8) is 0 Å². The molecule has 0 spiro atoms. The third-order valence-electron chi connectivity index (χ3n) is 7.07. The van der Waals surface area contributed by atoms with Crippen LogP contribution >= 0.6 is 0 Å². The number of nitrogens with two attached hydrogens (primary N) is 1. The first-order valence-electron chi connectivity index (χ1n) is 12.2. The molecular weight excluding hydrogens is 440 g/mol. The van der Waals surface area contributed by atoms with Gasteiger partial charge in [0.15, 0.2) is 6.29 Å². The van der Waals surface area contributed by atoms with Crippen molar-refractivity contribution < 1.29 is 19.7 Å². The van der Waals surface area contributed by atoms with Gasteiger partial charge in [-0.3, -0.25) is 4.90 Å². The zero-order valence-corrected chi connectivity index (χ0v) is 20.6. The lowest BCUT2D eigenvalue weighted by atomic mass is 9.89. The van der Waals surface area contributed by atoms with E-state index in [9.17, 15) is 10.2 Å². The summed E-state index contributed by atoms with van der Waals surface area (Å²) in [7, 11) is 2.02. The molecule has 0 bridgehead atoms. The number of hydrogen-bond acceptors (Lipinski definition) is 6. The quantitative estimate of drug-likeness (QED) is 0.412. The zero-order valence-electron chi connectivity index (χ0n) is 20.6. The highest BCUT2D eigenvalue weighted by Gasteiger charge is 2.39. The van der Waals surface area contributed by atoms with E-state index in [1.807, 2.05) is 92.8 Å². The second-order valence-corrected chi connectivity index (χ2v) is 9.53. The first-order chi connectivity index (χ1) is 16.9. The van der Waals surface area contributed by atoms with Crippen LogP contribution in [0, 0.1) is 5.92 Å². The molecule has 6 nitrogen and oxygen atoms in total. The van der Waals surface area contributed by atoms with Crippen LogP contribution in [0.2, 0.25) is 0 Å². The zero-order chi connectivity index (χ0) is 24.9. The molecule has 1 aliphatic rings. The SMILES string of the molecule is C[C@@H]1[C@H](CN(C)[C@H](C)[C@@H](O)c2ccccc2)O[C@H](c2cccc(N)c2)O[C@@H]1c1ccc(CO)cc1. The van der Waals surface area contributed by atoms with Crippen molar-refractivity contribution in [1.29, 1.82) is 0 Å². The van der Waals surface area contributed by atoms with Gasteiger partial charge in [0.1, 0.15) is 0 Å². The van der Waals surface area contributed by atoms with Crippen molar-refractivity contribution in [1.82, 2.24) is 4.90 Å². The van der Waals surface area contributed by atoms with Gasteiger partial charge < -0.3 is 25.4 Å². The minimum atomic E-state index is -0.608. The number of rotatable bonds is 8. The van der Waals surface area contributed by atoms with Gasteiger partial charge in [0, 0.05) is 29.8 Å². The Kier molecular flexibility index (Phi) is 8.21. The van der Waals surface area contributed by atoms with Crippen LogP contribution < -0.4 is 5.73 Å². The minimum Gasteiger partial charge on any atom is -0.399 e. The second-order valence-electron chi connectivity index (χ2n) is 9.53. The van der Waals surface area contributed by atoms with Gasteiger partial charge in [0.25, 0.3) is 0 Å². The first kappa shape index (κ1) is 25.4. The molecular formula is C29H36N2O4. The van der Waals surface area contributed by atoms with Crippen LogP contribution in [0.25, 0.3) is 0 Å². The molecule has 4 rings (SSSR count). The Balaban J connectivity index is 1.57. The smallest absolute Gasteiger partial charge is 0.185 e. The van der Waals surface area contributed by atoms with Crippen LogP contribution in [0.5, 0.6) is 0 Å². The fraction of sp³-hybridized carbons (Fsp3) is 0.379. The number of nitrogen functional groups attached to an aromatic ring is 1. The van der Waals surface area contributed by atoms with Gasteiger partial charge in [-0.05, 0) is 42.8 Å². The molecule has 0 amide bonds. The van der Waals surface area contributed by atoms with Crippen LogP contribution in [0.3, 0.4) is 0 Å². The van der Waals surface area contributed by atoms with E-state index in [1.54, 1.807) is 0 Å². The van der Waals surface area contributed by atoms with Crippen LogP contribution in [0.15, 0.2) is 78.9 Å². The average molecular weight is 477 g/mol. The van der Waals surface area contributed by atoms with Crippen molar-refractivity contribution in [3.8, 4) is 0 Å². The predicted molar refractivity (Wildman–Crippen MR) is 137 cm³/mol. The van der Waals surface area contributed by atoms with E-state index >= 15 is 0 Å². The van der Waals surface area contributed by atoms with Gasteiger partial charge in [-0.1, -0.05) is 73.7 Å². The van der Waals surface area contributed by atoms with Gasteiger partial charge in [-0.25, -0.2) is 0 Å². The van der Waals surface area contributed by atoms with Crippen LogP contribution in [0.4, 0.5) is 5.69 Å². The minimum absolute atomic E-state index is 0.00539. The number of aliphatic hydroxyl groups excluding tert-OH is 2.